The average molecular weight is 530 g/mol. The molecule has 2 N–H and O–H groups in total. The molecule has 1 amide bonds. The van der Waals surface area contributed by atoms with Gasteiger partial charge in [-0.2, -0.15) is 0 Å². The first-order valence-electron chi connectivity index (χ1n) is 15.7. The van der Waals surface area contributed by atoms with Crippen LogP contribution in [0.3, 0.4) is 0 Å². The Morgan fingerprint density at radius 3 is 2.58 bits per heavy atom. The second kappa shape index (κ2) is 9.70. The highest BCUT2D eigenvalue weighted by molar-refractivity contribution is 5.67. The van der Waals surface area contributed by atoms with E-state index in [0.29, 0.717) is 40.7 Å². The number of hydrogen-bond donors (Lipinski definition) is 2. The number of aliphatic hydroxyl groups is 1. The van der Waals surface area contributed by atoms with Gasteiger partial charge in [0.05, 0.1) is 11.9 Å². The van der Waals surface area contributed by atoms with Crippen molar-refractivity contribution < 1.29 is 19.4 Å². The molecule has 38 heavy (non-hydrogen) atoms. The van der Waals surface area contributed by atoms with Crippen LogP contribution in [0.5, 0.6) is 0 Å². The first-order chi connectivity index (χ1) is 17.7. The maximum Gasteiger partial charge on any atom is 0.407 e. The Bertz CT molecular complexity index is 953. The lowest BCUT2D eigenvalue weighted by molar-refractivity contribution is -0.168. The third-order valence-electron chi connectivity index (χ3n) is 12.4. The van der Waals surface area contributed by atoms with Crippen LogP contribution < -0.4 is 5.32 Å². The summed E-state index contributed by atoms with van der Waals surface area (Å²) in [6.45, 7) is 18.5. The molecule has 216 valence electrons. The second-order valence-corrected chi connectivity index (χ2v) is 15.8. The number of carbonyl (C=O) groups excluding carboxylic acids is 1. The van der Waals surface area contributed by atoms with E-state index in [-0.39, 0.29) is 12.2 Å². The standard InChI is InChI=1S/C33H55NO4/c1-20(19-34-29(36)38-30(3,4)5)9-10-26-21(2)28-27(37-26)17-25-23-12-14-31(6)18-22(35)11-16-33(31,8)24(23)13-15-32(25,28)7/h20,22-25,27-28,35H,9-19H2,1-8H3,(H,34,36)/t20-,22-,23+,24-,25-,27-,28?,31-,32-,33+/m0/s1. The van der Waals surface area contributed by atoms with Gasteiger partial charge in [-0.1, -0.05) is 27.7 Å². The Balaban J connectivity index is 1.22. The lowest BCUT2D eigenvalue weighted by Crippen LogP contribution is -2.58. The summed E-state index contributed by atoms with van der Waals surface area (Å²) in [4.78, 5) is 12.0. The fourth-order valence-electron chi connectivity index (χ4n) is 10.2. The van der Waals surface area contributed by atoms with Crippen molar-refractivity contribution in [3.8, 4) is 0 Å². The van der Waals surface area contributed by atoms with Crippen LogP contribution in [-0.4, -0.2) is 35.6 Å². The SMILES string of the molecule is CC1=C(CC[C@H](C)CNC(=O)OC(C)(C)C)O[C@H]2C[C@H]3[C@@H]4CC[C@@]5(C)C[C@@H](O)CC[C@]5(C)[C@H]4CC[C@]3(C)C12. The maximum absolute atomic E-state index is 12.0. The van der Waals surface area contributed by atoms with Crippen LogP contribution in [0, 0.1) is 45.8 Å². The molecule has 0 aromatic rings. The fourth-order valence-corrected chi connectivity index (χ4v) is 10.2. The molecule has 0 aromatic heterocycles. The van der Waals surface area contributed by atoms with Gasteiger partial charge in [0.25, 0.3) is 0 Å². The molecule has 1 unspecified atom stereocenters. The smallest absolute Gasteiger partial charge is 0.407 e. The van der Waals surface area contributed by atoms with Crippen LogP contribution >= 0.6 is 0 Å². The van der Waals surface area contributed by atoms with E-state index in [1.165, 1.54) is 49.9 Å². The topological polar surface area (TPSA) is 67.8 Å². The fraction of sp³-hybridized carbons (Fsp3) is 0.909. The molecule has 0 saturated heterocycles. The molecule has 0 bridgehead atoms. The molecule has 4 fully saturated rings. The average Bonchev–Trinajstić information content (AvgIpc) is 3.29. The van der Waals surface area contributed by atoms with Gasteiger partial charge in [0.2, 0.25) is 0 Å². The lowest BCUT2D eigenvalue weighted by atomic mass is 9.40. The van der Waals surface area contributed by atoms with Gasteiger partial charge >= 0.3 is 6.09 Å². The van der Waals surface area contributed by atoms with Crippen molar-refractivity contribution in [2.24, 2.45) is 45.8 Å². The minimum atomic E-state index is -0.467. The summed E-state index contributed by atoms with van der Waals surface area (Å²) >= 11 is 0. The van der Waals surface area contributed by atoms with Crippen molar-refractivity contribution in [2.45, 2.75) is 137 Å². The molecule has 0 spiro atoms. The molecule has 4 aliphatic carbocycles. The third kappa shape index (κ3) is 4.71. The molecule has 1 heterocycles. The van der Waals surface area contributed by atoms with Crippen LogP contribution in [0.25, 0.3) is 0 Å². The Kier molecular flexibility index (Phi) is 7.22. The van der Waals surface area contributed by atoms with Crippen LogP contribution in [0.2, 0.25) is 0 Å². The Morgan fingerprint density at radius 2 is 1.87 bits per heavy atom. The number of aliphatic hydroxyl groups excluding tert-OH is 1. The monoisotopic (exact) mass is 529 g/mol. The van der Waals surface area contributed by atoms with Gasteiger partial charge in [-0.15, -0.1) is 0 Å². The molecule has 0 aromatic carbocycles. The van der Waals surface area contributed by atoms with Crippen LogP contribution in [0.4, 0.5) is 4.79 Å². The van der Waals surface area contributed by atoms with Crippen molar-refractivity contribution in [3.05, 3.63) is 11.3 Å². The number of alkyl carbamates (subject to hydrolysis) is 1. The van der Waals surface area contributed by atoms with E-state index in [4.69, 9.17) is 9.47 Å². The normalized spacial score (nSPS) is 44.9. The van der Waals surface area contributed by atoms with E-state index in [0.717, 1.165) is 43.4 Å². The van der Waals surface area contributed by atoms with Gasteiger partial charge in [0.15, 0.2) is 0 Å². The Hall–Kier alpha value is -1.23. The quantitative estimate of drug-likeness (QED) is 0.384. The van der Waals surface area contributed by atoms with Gasteiger partial charge in [-0.3, -0.25) is 0 Å². The predicted molar refractivity (Wildman–Crippen MR) is 151 cm³/mol. The number of rotatable bonds is 5. The molecule has 4 saturated carbocycles. The van der Waals surface area contributed by atoms with Crippen molar-refractivity contribution in [1.29, 1.82) is 0 Å². The zero-order valence-electron chi connectivity index (χ0n) is 25.5. The number of fused-ring (bicyclic) bond motifs is 7. The number of carbonyl (C=O) groups is 1. The van der Waals surface area contributed by atoms with E-state index in [2.05, 4.69) is 39.9 Å². The van der Waals surface area contributed by atoms with Crippen molar-refractivity contribution >= 4 is 6.09 Å². The minimum absolute atomic E-state index is 0.0975. The summed E-state index contributed by atoms with van der Waals surface area (Å²) in [5, 5.41) is 13.4. The second-order valence-electron chi connectivity index (χ2n) is 15.8. The number of nitrogens with one attached hydrogen (secondary N) is 1. The largest absolute Gasteiger partial charge is 0.494 e. The van der Waals surface area contributed by atoms with Gasteiger partial charge < -0.3 is 19.9 Å². The molecule has 5 aliphatic rings. The van der Waals surface area contributed by atoms with E-state index >= 15 is 0 Å². The van der Waals surface area contributed by atoms with E-state index in [1.807, 2.05) is 20.8 Å². The summed E-state index contributed by atoms with van der Waals surface area (Å²) in [6, 6.07) is 0. The first-order valence-corrected chi connectivity index (χ1v) is 15.7. The maximum atomic E-state index is 12.0. The highest BCUT2D eigenvalue weighted by atomic mass is 16.6. The molecule has 0 radical (unpaired) electrons. The van der Waals surface area contributed by atoms with Crippen LogP contribution in [0.1, 0.15) is 120 Å². The van der Waals surface area contributed by atoms with Crippen LogP contribution in [0.15, 0.2) is 11.3 Å². The predicted octanol–water partition coefficient (Wildman–Crippen LogP) is 7.62. The Morgan fingerprint density at radius 1 is 1.13 bits per heavy atom. The van der Waals surface area contributed by atoms with Gasteiger partial charge in [-0.25, -0.2) is 4.79 Å². The molecule has 10 atom stereocenters. The van der Waals surface area contributed by atoms with Crippen LogP contribution in [-0.2, 0) is 9.47 Å². The van der Waals surface area contributed by atoms with Crippen molar-refractivity contribution in [1.82, 2.24) is 5.32 Å². The van der Waals surface area contributed by atoms with Crippen molar-refractivity contribution in [2.75, 3.05) is 6.54 Å². The highest BCUT2D eigenvalue weighted by Gasteiger charge is 2.66. The zero-order valence-corrected chi connectivity index (χ0v) is 25.5. The van der Waals surface area contributed by atoms with Gasteiger partial charge in [0, 0.05) is 18.9 Å². The molecule has 5 heteroatoms. The summed E-state index contributed by atoms with van der Waals surface area (Å²) in [6.07, 6.45) is 11.6. The third-order valence-corrected chi connectivity index (χ3v) is 12.4. The summed E-state index contributed by atoms with van der Waals surface area (Å²) < 4.78 is 12.2. The van der Waals surface area contributed by atoms with Gasteiger partial charge in [-0.05, 0) is 131 Å². The van der Waals surface area contributed by atoms with E-state index in [1.54, 1.807) is 0 Å². The lowest BCUT2D eigenvalue weighted by Gasteiger charge is -2.65. The summed E-state index contributed by atoms with van der Waals surface area (Å²) in [5.74, 6) is 4.54. The Labute approximate surface area is 231 Å². The van der Waals surface area contributed by atoms with E-state index in [9.17, 15) is 9.90 Å². The van der Waals surface area contributed by atoms with Gasteiger partial charge in [0.1, 0.15) is 11.7 Å². The molecule has 1 aliphatic heterocycles. The summed E-state index contributed by atoms with van der Waals surface area (Å²) in [5.41, 5.74) is 2.06. The number of amides is 1. The molecule has 5 nitrogen and oxygen atoms in total. The zero-order chi connectivity index (χ0) is 27.7. The highest BCUT2D eigenvalue weighted by Crippen LogP contribution is 2.72. The molecule has 5 rings (SSSR count). The molecular formula is C33H55NO4. The molecular weight excluding hydrogens is 474 g/mol. The van der Waals surface area contributed by atoms with Crippen molar-refractivity contribution in [3.63, 3.8) is 0 Å². The summed E-state index contributed by atoms with van der Waals surface area (Å²) in [7, 11) is 0. The number of allylic oxidation sites excluding steroid dienone is 1. The van der Waals surface area contributed by atoms with E-state index < -0.39 is 5.60 Å². The number of hydrogen-bond acceptors (Lipinski definition) is 4. The first kappa shape index (κ1) is 28.3. The number of ether oxygens (including phenoxy) is 2. The minimum Gasteiger partial charge on any atom is -0.494 e.